The van der Waals surface area contributed by atoms with Crippen molar-refractivity contribution in [3.05, 3.63) is 29.8 Å². The number of hydrogen-bond donors (Lipinski definition) is 1. The zero-order valence-corrected chi connectivity index (χ0v) is 11.2. The number of halogens is 3. The summed E-state index contributed by atoms with van der Waals surface area (Å²) in [5.74, 6) is 0. The average Bonchev–Trinajstić information content (AvgIpc) is 2.46. The molecule has 2 rings (SSSR count). The number of hydrogen-bond acceptors (Lipinski definition) is 2. The third kappa shape index (κ3) is 3.66. The van der Waals surface area contributed by atoms with E-state index in [1.807, 2.05) is 0 Å². The van der Waals surface area contributed by atoms with Crippen LogP contribution in [0.1, 0.15) is 24.8 Å². The van der Waals surface area contributed by atoms with Gasteiger partial charge in [-0.2, -0.15) is 18.4 Å². The lowest BCUT2D eigenvalue weighted by Crippen LogP contribution is -2.45. The molecule has 0 aromatic heterocycles. The molecule has 1 aliphatic heterocycles. The standard InChI is InChI=1S/C14H14F3N3O/c15-14(16,17)10-4-6-11(7-5-10)19-13(21)20-8-2-1-3-12(20)9-18/h4-7,12H,1-3,8H2,(H,19,21). The van der Waals surface area contributed by atoms with Gasteiger partial charge in [-0.25, -0.2) is 4.79 Å². The predicted molar refractivity (Wildman–Crippen MR) is 70.4 cm³/mol. The molecule has 112 valence electrons. The number of piperidine rings is 1. The summed E-state index contributed by atoms with van der Waals surface area (Å²) < 4.78 is 37.3. The highest BCUT2D eigenvalue weighted by Gasteiger charge is 2.30. The number of benzene rings is 1. The number of urea groups is 1. The van der Waals surface area contributed by atoms with Gasteiger partial charge in [0.15, 0.2) is 0 Å². The monoisotopic (exact) mass is 297 g/mol. The number of carbonyl (C=O) groups excluding carboxylic acids is 1. The quantitative estimate of drug-likeness (QED) is 0.860. The molecule has 0 bridgehead atoms. The molecule has 0 radical (unpaired) electrons. The molecule has 2 amide bonds. The molecule has 1 unspecified atom stereocenters. The normalized spacial score (nSPS) is 19.0. The number of anilines is 1. The first-order valence-electron chi connectivity index (χ1n) is 6.56. The van der Waals surface area contributed by atoms with Crippen molar-refractivity contribution in [2.45, 2.75) is 31.5 Å². The summed E-state index contributed by atoms with van der Waals surface area (Å²) in [4.78, 5) is 13.5. The van der Waals surface area contributed by atoms with Crippen LogP contribution in [-0.2, 0) is 6.18 Å². The third-order valence-corrected chi connectivity index (χ3v) is 3.38. The Hall–Kier alpha value is -2.23. The van der Waals surface area contributed by atoms with E-state index in [2.05, 4.69) is 11.4 Å². The van der Waals surface area contributed by atoms with Crippen LogP contribution in [-0.4, -0.2) is 23.5 Å². The van der Waals surface area contributed by atoms with Crippen LogP contribution >= 0.6 is 0 Å². The first-order valence-corrected chi connectivity index (χ1v) is 6.56. The number of nitriles is 1. The Morgan fingerprint density at radius 1 is 1.29 bits per heavy atom. The van der Waals surface area contributed by atoms with Crippen LogP contribution in [0.4, 0.5) is 23.7 Å². The second kappa shape index (κ2) is 6.04. The van der Waals surface area contributed by atoms with Crippen molar-refractivity contribution in [1.82, 2.24) is 4.90 Å². The van der Waals surface area contributed by atoms with Gasteiger partial charge in [0.2, 0.25) is 0 Å². The molecular weight excluding hydrogens is 283 g/mol. The van der Waals surface area contributed by atoms with E-state index in [0.717, 1.165) is 25.0 Å². The summed E-state index contributed by atoms with van der Waals surface area (Å²) in [6, 6.07) is 5.35. The number of nitrogens with one attached hydrogen (secondary N) is 1. The van der Waals surface area contributed by atoms with Crippen molar-refractivity contribution in [3.8, 4) is 6.07 Å². The van der Waals surface area contributed by atoms with Gasteiger partial charge in [-0.1, -0.05) is 0 Å². The third-order valence-electron chi connectivity index (χ3n) is 3.38. The van der Waals surface area contributed by atoms with E-state index in [4.69, 9.17) is 5.26 Å². The molecule has 7 heteroatoms. The second-order valence-corrected chi connectivity index (χ2v) is 4.84. The van der Waals surface area contributed by atoms with Crippen LogP contribution in [0.15, 0.2) is 24.3 Å². The molecule has 1 aromatic carbocycles. The highest BCUT2D eigenvalue weighted by molar-refractivity contribution is 5.89. The molecule has 1 atom stereocenters. The van der Waals surface area contributed by atoms with E-state index in [-0.39, 0.29) is 5.69 Å². The molecule has 21 heavy (non-hydrogen) atoms. The predicted octanol–water partition coefficient (Wildman–Crippen LogP) is 3.62. The Morgan fingerprint density at radius 3 is 2.52 bits per heavy atom. The van der Waals surface area contributed by atoms with Crippen LogP contribution < -0.4 is 5.32 Å². The molecule has 1 N–H and O–H groups in total. The number of nitrogens with zero attached hydrogens (tertiary/aromatic N) is 2. The van der Waals surface area contributed by atoms with Gasteiger partial charge in [0.25, 0.3) is 0 Å². The number of likely N-dealkylation sites (tertiary alicyclic amines) is 1. The molecule has 0 saturated carbocycles. The average molecular weight is 297 g/mol. The Kier molecular flexibility index (Phi) is 4.36. The van der Waals surface area contributed by atoms with Gasteiger partial charge in [0.1, 0.15) is 6.04 Å². The minimum atomic E-state index is -4.40. The molecular formula is C14H14F3N3O. The van der Waals surface area contributed by atoms with E-state index < -0.39 is 23.8 Å². The zero-order valence-electron chi connectivity index (χ0n) is 11.2. The number of alkyl halides is 3. The lowest BCUT2D eigenvalue weighted by Gasteiger charge is -2.31. The van der Waals surface area contributed by atoms with Gasteiger partial charge in [0, 0.05) is 12.2 Å². The van der Waals surface area contributed by atoms with Crippen molar-refractivity contribution in [2.24, 2.45) is 0 Å². The number of rotatable bonds is 1. The lowest BCUT2D eigenvalue weighted by atomic mass is 10.0. The van der Waals surface area contributed by atoms with Gasteiger partial charge in [0.05, 0.1) is 11.6 Å². The maximum absolute atomic E-state index is 12.4. The molecule has 4 nitrogen and oxygen atoms in total. The Balaban J connectivity index is 2.04. The maximum atomic E-state index is 12.4. The van der Waals surface area contributed by atoms with Gasteiger partial charge in [-0.05, 0) is 43.5 Å². The SMILES string of the molecule is N#CC1CCCCN1C(=O)Nc1ccc(C(F)(F)F)cc1. The van der Waals surface area contributed by atoms with Gasteiger partial charge in [-0.15, -0.1) is 0 Å². The number of carbonyl (C=O) groups is 1. The van der Waals surface area contributed by atoms with Gasteiger partial charge >= 0.3 is 12.2 Å². The first-order chi connectivity index (χ1) is 9.91. The van der Waals surface area contributed by atoms with Crippen molar-refractivity contribution < 1.29 is 18.0 Å². The molecule has 1 fully saturated rings. The van der Waals surface area contributed by atoms with E-state index in [9.17, 15) is 18.0 Å². The van der Waals surface area contributed by atoms with Crippen molar-refractivity contribution in [3.63, 3.8) is 0 Å². The Bertz CT molecular complexity index is 548. The Morgan fingerprint density at radius 2 is 1.95 bits per heavy atom. The second-order valence-electron chi connectivity index (χ2n) is 4.84. The maximum Gasteiger partial charge on any atom is 0.416 e. The summed E-state index contributed by atoms with van der Waals surface area (Å²) in [7, 11) is 0. The summed E-state index contributed by atoms with van der Waals surface area (Å²) in [6.07, 6.45) is -2.07. The fourth-order valence-corrected chi connectivity index (χ4v) is 2.25. The zero-order chi connectivity index (χ0) is 15.5. The summed E-state index contributed by atoms with van der Waals surface area (Å²) in [5.41, 5.74) is -0.497. The van der Waals surface area contributed by atoms with E-state index >= 15 is 0 Å². The first kappa shape index (κ1) is 15.2. The van der Waals surface area contributed by atoms with Crippen LogP contribution in [0.5, 0.6) is 0 Å². The van der Waals surface area contributed by atoms with E-state index in [1.165, 1.54) is 17.0 Å². The molecule has 0 spiro atoms. The van der Waals surface area contributed by atoms with Crippen LogP contribution in [0.3, 0.4) is 0 Å². The molecule has 1 aliphatic rings. The van der Waals surface area contributed by atoms with Crippen LogP contribution in [0, 0.1) is 11.3 Å². The fourth-order valence-electron chi connectivity index (χ4n) is 2.25. The smallest absolute Gasteiger partial charge is 0.309 e. The molecule has 0 aliphatic carbocycles. The van der Waals surface area contributed by atoms with Crippen molar-refractivity contribution in [1.29, 1.82) is 5.26 Å². The van der Waals surface area contributed by atoms with Crippen molar-refractivity contribution in [2.75, 3.05) is 11.9 Å². The summed E-state index contributed by atoms with van der Waals surface area (Å²) in [6.45, 7) is 0.477. The van der Waals surface area contributed by atoms with Crippen molar-refractivity contribution >= 4 is 11.7 Å². The molecule has 1 saturated heterocycles. The van der Waals surface area contributed by atoms with E-state index in [0.29, 0.717) is 13.0 Å². The van der Waals surface area contributed by atoms with Gasteiger partial charge < -0.3 is 10.2 Å². The largest absolute Gasteiger partial charge is 0.416 e. The minimum absolute atomic E-state index is 0.273. The summed E-state index contributed by atoms with van der Waals surface area (Å²) in [5, 5.41) is 11.5. The highest BCUT2D eigenvalue weighted by Crippen LogP contribution is 2.30. The Labute approximate surface area is 120 Å². The van der Waals surface area contributed by atoms with E-state index in [1.54, 1.807) is 0 Å². The number of amides is 2. The van der Waals surface area contributed by atoms with Crippen LogP contribution in [0.2, 0.25) is 0 Å². The van der Waals surface area contributed by atoms with Crippen LogP contribution in [0.25, 0.3) is 0 Å². The fraction of sp³-hybridized carbons (Fsp3) is 0.429. The molecule has 1 heterocycles. The lowest BCUT2D eigenvalue weighted by molar-refractivity contribution is -0.137. The summed E-state index contributed by atoms with van der Waals surface area (Å²) >= 11 is 0. The highest BCUT2D eigenvalue weighted by atomic mass is 19.4. The van der Waals surface area contributed by atoms with Gasteiger partial charge in [-0.3, -0.25) is 0 Å². The minimum Gasteiger partial charge on any atom is -0.309 e. The topological polar surface area (TPSA) is 56.1 Å². The molecule has 1 aromatic rings.